The number of hydrogen-bond acceptors (Lipinski definition) is 6. The van der Waals surface area contributed by atoms with Crippen LogP contribution >= 0.6 is 0 Å². The number of aromatic nitrogens is 1. The fourth-order valence-corrected chi connectivity index (χ4v) is 4.13. The second kappa shape index (κ2) is 8.61. The molecule has 8 nitrogen and oxygen atoms in total. The van der Waals surface area contributed by atoms with Crippen molar-refractivity contribution in [3.63, 3.8) is 0 Å². The summed E-state index contributed by atoms with van der Waals surface area (Å²) in [5.41, 5.74) is 0.353. The SMILES string of the molecule is Cc1cc(C(=O)N2CCCC(N(CCN3CCOCC3)C(=O)C3CC3)C2)no1. The molecule has 0 radical (unpaired) electrons. The predicted molar refractivity (Wildman–Crippen MR) is 102 cm³/mol. The molecule has 3 fully saturated rings. The molecule has 8 heteroatoms. The first-order chi connectivity index (χ1) is 13.6. The number of rotatable bonds is 6. The maximum Gasteiger partial charge on any atom is 0.276 e. The van der Waals surface area contributed by atoms with Crippen LogP contribution in [0, 0.1) is 12.8 Å². The summed E-state index contributed by atoms with van der Waals surface area (Å²) in [6.45, 7) is 8.03. The molecule has 2 aliphatic heterocycles. The molecule has 0 spiro atoms. The molecule has 0 aromatic carbocycles. The lowest BCUT2D eigenvalue weighted by Gasteiger charge is -2.40. The summed E-state index contributed by atoms with van der Waals surface area (Å²) < 4.78 is 10.5. The van der Waals surface area contributed by atoms with Crippen molar-refractivity contribution < 1.29 is 18.8 Å². The topological polar surface area (TPSA) is 79.1 Å². The van der Waals surface area contributed by atoms with Gasteiger partial charge >= 0.3 is 0 Å². The van der Waals surface area contributed by atoms with Crippen molar-refractivity contribution in [1.29, 1.82) is 0 Å². The summed E-state index contributed by atoms with van der Waals surface area (Å²) in [6, 6.07) is 1.76. The Hall–Kier alpha value is -1.93. The van der Waals surface area contributed by atoms with Gasteiger partial charge in [0.2, 0.25) is 5.91 Å². The van der Waals surface area contributed by atoms with Crippen molar-refractivity contribution in [2.75, 3.05) is 52.5 Å². The fourth-order valence-electron chi connectivity index (χ4n) is 4.13. The molecule has 3 heterocycles. The number of hydrogen-bond donors (Lipinski definition) is 0. The van der Waals surface area contributed by atoms with E-state index in [0.29, 0.717) is 24.5 Å². The van der Waals surface area contributed by atoms with Crippen molar-refractivity contribution in [2.24, 2.45) is 5.92 Å². The quantitative estimate of drug-likeness (QED) is 0.725. The molecule has 3 aliphatic rings. The molecule has 2 amide bonds. The van der Waals surface area contributed by atoms with E-state index in [0.717, 1.165) is 65.1 Å². The summed E-state index contributed by atoms with van der Waals surface area (Å²) in [5, 5.41) is 3.87. The number of amides is 2. The van der Waals surface area contributed by atoms with E-state index in [1.54, 1.807) is 13.0 Å². The number of piperidine rings is 1. The average Bonchev–Trinajstić information content (AvgIpc) is 3.49. The molecule has 28 heavy (non-hydrogen) atoms. The summed E-state index contributed by atoms with van der Waals surface area (Å²) in [4.78, 5) is 32.0. The zero-order chi connectivity index (χ0) is 19.5. The molecule has 1 atom stereocenters. The summed E-state index contributed by atoms with van der Waals surface area (Å²) in [5.74, 6) is 0.986. The van der Waals surface area contributed by atoms with Gasteiger partial charge in [0.05, 0.1) is 13.2 Å². The zero-order valence-electron chi connectivity index (χ0n) is 16.6. The minimum absolute atomic E-state index is 0.0832. The lowest BCUT2D eigenvalue weighted by atomic mass is 10.0. The number of morpholine rings is 1. The van der Waals surface area contributed by atoms with E-state index in [1.165, 1.54) is 0 Å². The minimum atomic E-state index is -0.103. The number of aryl methyl sites for hydroxylation is 1. The van der Waals surface area contributed by atoms with E-state index >= 15 is 0 Å². The van der Waals surface area contributed by atoms with Crippen LogP contribution in [0.2, 0.25) is 0 Å². The monoisotopic (exact) mass is 390 g/mol. The number of carbonyl (C=O) groups excluding carboxylic acids is 2. The van der Waals surface area contributed by atoms with Gasteiger partial charge in [-0.2, -0.15) is 0 Å². The molecular weight excluding hydrogens is 360 g/mol. The lowest BCUT2D eigenvalue weighted by Crippen LogP contribution is -2.54. The molecule has 4 rings (SSSR count). The molecule has 1 aromatic heterocycles. The van der Waals surface area contributed by atoms with E-state index in [9.17, 15) is 9.59 Å². The van der Waals surface area contributed by atoms with E-state index in [-0.39, 0.29) is 23.8 Å². The normalized spacial score (nSPS) is 23.6. The number of carbonyl (C=O) groups is 2. The third-order valence-corrected chi connectivity index (χ3v) is 5.94. The van der Waals surface area contributed by atoms with Crippen LogP contribution < -0.4 is 0 Å². The Balaban J connectivity index is 1.41. The van der Waals surface area contributed by atoms with E-state index in [1.807, 2.05) is 4.90 Å². The van der Waals surface area contributed by atoms with Crippen LogP contribution in [0.15, 0.2) is 10.6 Å². The Kier molecular flexibility index (Phi) is 5.96. The Bertz CT molecular complexity index is 696. The van der Waals surface area contributed by atoms with Crippen molar-refractivity contribution in [1.82, 2.24) is 19.9 Å². The van der Waals surface area contributed by atoms with Gasteiger partial charge in [0.15, 0.2) is 5.69 Å². The zero-order valence-corrected chi connectivity index (χ0v) is 16.6. The van der Waals surface area contributed by atoms with Gasteiger partial charge in [-0.1, -0.05) is 5.16 Å². The Morgan fingerprint density at radius 3 is 2.68 bits per heavy atom. The third kappa shape index (κ3) is 4.55. The van der Waals surface area contributed by atoms with Crippen molar-refractivity contribution in [3.05, 3.63) is 17.5 Å². The molecule has 1 unspecified atom stereocenters. The molecular formula is C20H30N4O4. The van der Waals surface area contributed by atoms with Gasteiger partial charge < -0.3 is 19.1 Å². The molecule has 154 valence electrons. The second-order valence-electron chi connectivity index (χ2n) is 8.13. The highest BCUT2D eigenvalue weighted by Gasteiger charge is 2.38. The van der Waals surface area contributed by atoms with Crippen LogP contribution in [0.25, 0.3) is 0 Å². The van der Waals surface area contributed by atoms with E-state index in [4.69, 9.17) is 9.26 Å². The Morgan fingerprint density at radius 2 is 2.00 bits per heavy atom. The lowest BCUT2D eigenvalue weighted by molar-refractivity contribution is -0.136. The third-order valence-electron chi connectivity index (χ3n) is 5.94. The largest absolute Gasteiger partial charge is 0.379 e. The molecule has 1 aromatic rings. The molecule has 0 bridgehead atoms. The second-order valence-corrected chi connectivity index (χ2v) is 8.13. The maximum absolute atomic E-state index is 13.0. The Morgan fingerprint density at radius 1 is 1.21 bits per heavy atom. The van der Waals surface area contributed by atoms with Gasteiger partial charge in [-0.25, -0.2) is 0 Å². The highest BCUT2D eigenvalue weighted by Crippen LogP contribution is 2.32. The van der Waals surface area contributed by atoms with Crippen LogP contribution in [-0.2, 0) is 9.53 Å². The van der Waals surface area contributed by atoms with Crippen LogP contribution in [0.3, 0.4) is 0 Å². The summed E-state index contributed by atoms with van der Waals surface area (Å²) in [6.07, 6.45) is 3.85. The van der Waals surface area contributed by atoms with Crippen molar-refractivity contribution in [3.8, 4) is 0 Å². The Labute approximate surface area is 165 Å². The molecule has 2 saturated heterocycles. The van der Waals surface area contributed by atoms with Gasteiger partial charge in [0, 0.05) is 57.3 Å². The van der Waals surface area contributed by atoms with Crippen molar-refractivity contribution >= 4 is 11.8 Å². The van der Waals surface area contributed by atoms with Crippen LogP contribution in [-0.4, -0.2) is 90.2 Å². The van der Waals surface area contributed by atoms with Crippen LogP contribution in [0.5, 0.6) is 0 Å². The molecule has 1 saturated carbocycles. The molecule has 1 aliphatic carbocycles. The number of ether oxygens (including phenoxy) is 1. The van der Waals surface area contributed by atoms with Crippen LogP contribution in [0.4, 0.5) is 0 Å². The number of nitrogens with zero attached hydrogens (tertiary/aromatic N) is 4. The number of likely N-dealkylation sites (tertiary alicyclic amines) is 1. The summed E-state index contributed by atoms with van der Waals surface area (Å²) >= 11 is 0. The van der Waals surface area contributed by atoms with Crippen LogP contribution in [0.1, 0.15) is 41.9 Å². The summed E-state index contributed by atoms with van der Waals surface area (Å²) in [7, 11) is 0. The maximum atomic E-state index is 13.0. The van der Waals surface area contributed by atoms with Crippen molar-refractivity contribution in [2.45, 2.75) is 38.6 Å². The predicted octanol–water partition coefficient (Wildman–Crippen LogP) is 1.16. The highest BCUT2D eigenvalue weighted by atomic mass is 16.5. The highest BCUT2D eigenvalue weighted by molar-refractivity contribution is 5.92. The first-order valence-electron chi connectivity index (χ1n) is 10.4. The minimum Gasteiger partial charge on any atom is -0.379 e. The van der Waals surface area contributed by atoms with Gasteiger partial charge in [-0.3, -0.25) is 14.5 Å². The average molecular weight is 390 g/mol. The van der Waals surface area contributed by atoms with Gasteiger partial charge in [0.25, 0.3) is 5.91 Å². The smallest absolute Gasteiger partial charge is 0.276 e. The first kappa shape index (κ1) is 19.4. The van der Waals surface area contributed by atoms with Gasteiger partial charge in [0.1, 0.15) is 5.76 Å². The first-order valence-corrected chi connectivity index (χ1v) is 10.4. The van der Waals surface area contributed by atoms with E-state index < -0.39 is 0 Å². The fraction of sp³-hybridized carbons (Fsp3) is 0.750. The molecule has 0 N–H and O–H groups in total. The van der Waals surface area contributed by atoms with Gasteiger partial charge in [-0.05, 0) is 32.6 Å². The standard InChI is InChI=1S/C20H30N4O4/c1-15-13-18(21-28-15)20(26)23-6-2-3-17(14-23)24(19(25)16-4-5-16)8-7-22-9-11-27-12-10-22/h13,16-17H,2-12,14H2,1H3. The van der Waals surface area contributed by atoms with E-state index in [2.05, 4.69) is 15.0 Å². The van der Waals surface area contributed by atoms with Gasteiger partial charge in [-0.15, -0.1) is 0 Å².